The molecule has 2 N–H and O–H groups in total. The Morgan fingerprint density at radius 1 is 1.44 bits per heavy atom. The van der Waals surface area contributed by atoms with Crippen LogP contribution in [-0.2, 0) is 7.05 Å². The highest BCUT2D eigenvalue weighted by molar-refractivity contribution is 5.85. The van der Waals surface area contributed by atoms with Crippen LogP contribution in [-0.4, -0.2) is 41.5 Å². The van der Waals surface area contributed by atoms with Crippen molar-refractivity contribution in [1.82, 2.24) is 9.88 Å². The minimum atomic E-state index is -1.68. The van der Waals surface area contributed by atoms with Crippen molar-refractivity contribution in [2.75, 3.05) is 24.5 Å². The number of fused-ring (bicyclic) bond motifs is 1. The van der Waals surface area contributed by atoms with E-state index in [1.807, 2.05) is 6.92 Å². The number of carboxylic acid groups (broad SMARTS) is 1. The maximum atomic E-state index is 15.1. The number of anilines is 1. The molecule has 25 heavy (non-hydrogen) atoms. The Labute approximate surface area is 141 Å². The van der Waals surface area contributed by atoms with Gasteiger partial charge in [0, 0.05) is 32.7 Å². The van der Waals surface area contributed by atoms with Crippen molar-refractivity contribution in [2.45, 2.75) is 13.0 Å². The minimum Gasteiger partial charge on any atom is -0.449 e. The van der Waals surface area contributed by atoms with Crippen LogP contribution in [0.5, 0.6) is 5.75 Å². The Bertz CT molecular complexity index is 913. The molecule has 1 fully saturated rings. The number of piperazine rings is 1. The summed E-state index contributed by atoms with van der Waals surface area (Å²) in [5.74, 6) is -2.24. The zero-order valence-corrected chi connectivity index (χ0v) is 13.7. The molecule has 0 spiro atoms. The van der Waals surface area contributed by atoms with Gasteiger partial charge in [-0.1, -0.05) is 0 Å². The summed E-state index contributed by atoms with van der Waals surface area (Å²) in [5, 5.41) is 11.6. The number of hydrogen-bond acceptors (Lipinski definition) is 5. The van der Waals surface area contributed by atoms with Crippen molar-refractivity contribution in [3.63, 3.8) is 0 Å². The molecule has 2 aromatic rings. The molecule has 1 unspecified atom stereocenters. The first-order valence-corrected chi connectivity index (χ1v) is 7.70. The van der Waals surface area contributed by atoms with Gasteiger partial charge in [-0.3, -0.25) is 4.79 Å². The molecule has 1 aliphatic rings. The first-order valence-electron chi connectivity index (χ1n) is 7.70. The average Bonchev–Trinajstić information content (AvgIpc) is 2.51. The monoisotopic (exact) mass is 353 g/mol. The molecule has 2 heterocycles. The lowest BCUT2D eigenvalue weighted by Crippen LogP contribution is -2.49. The summed E-state index contributed by atoms with van der Waals surface area (Å²) in [6.45, 7) is 3.35. The summed E-state index contributed by atoms with van der Waals surface area (Å²) < 4.78 is 35.3. The van der Waals surface area contributed by atoms with Gasteiger partial charge < -0.3 is 24.6 Å². The number of aromatic nitrogens is 1. The van der Waals surface area contributed by atoms with Crippen LogP contribution in [0.3, 0.4) is 0 Å². The van der Waals surface area contributed by atoms with E-state index >= 15 is 4.39 Å². The van der Waals surface area contributed by atoms with E-state index in [0.29, 0.717) is 19.6 Å². The lowest BCUT2D eigenvalue weighted by molar-refractivity contribution is 0.144. The average molecular weight is 353 g/mol. The van der Waals surface area contributed by atoms with E-state index in [1.54, 1.807) is 4.90 Å². The highest BCUT2D eigenvalue weighted by Gasteiger charge is 2.26. The number of nitrogens with zero attached hydrogens (tertiary/aromatic N) is 2. The highest BCUT2D eigenvalue weighted by atomic mass is 19.1. The van der Waals surface area contributed by atoms with E-state index < -0.39 is 29.0 Å². The lowest BCUT2D eigenvalue weighted by Gasteiger charge is -2.34. The second-order valence-electron chi connectivity index (χ2n) is 6.02. The van der Waals surface area contributed by atoms with Crippen LogP contribution in [0.4, 0.5) is 19.3 Å². The molecule has 9 heteroatoms. The van der Waals surface area contributed by atoms with Gasteiger partial charge in [0.1, 0.15) is 11.5 Å². The summed E-state index contributed by atoms with van der Waals surface area (Å²) in [4.78, 5) is 24.6. The molecule has 3 rings (SSSR count). The van der Waals surface area contributed by atoms with Crippen LogP contribution in [0.15, 0.2) is 17.1 Å². The van der Waals surface area contributed by atoms with Gasteiger partial charge in [-0.05, 0) is 13.0 Å². The van der Waals surface area contributed by atoms with Crippen LogP contribution in [0.2, 0.25) is 0 Å². The van der Waals surface area contributed by atoms with Gasteiger partial charge in [-0.15, -0.1) is 0 Å². The summed E-state index contributed by atoms with van der Waals surface area (Å²) >= 11 is 0. The summed E-state index contributed by atoms with van der Waals surface area (Å²) in [5.41, 5.74) is -1.18. The predicted molar refractivity (Wildman–Crippen MR) is 87.4 cm³/mol. The molecular formula is C16H17F2N3O4. The van der Waals surface area contributed by atoms with Crippen LogP contribution in [0.1, 0.15) is 6.92 Å². The van der Waals surface area contributed by atoms with E-state index in [2.05, 4.69) is 10.1 Å². The van der Waals surface area contributed by atoms with Crippen molar-refractivity contribution in [1.29, 1.82) is 0 Å². The number of benzene rings is 1. The number of ether oxygens (including phenoxy) is 1. The zero-order valence-electron chi connectivity index (χ0n) is 13.7. The van der Waals surface area contributed by atoms with Gasteiger partial charge in [0.2, 0.25) is 5.43 Å². The third-order valence-electron chi connectivity index (χ3n) is 4.18. The molecule has 0 amide bonds. The molecule has 0 aliphatic carbocycles. The Morgan fingerprint density at radius 2 is 2.16 bits per heavy atom. The SMILES string of the molecule is CC1CN(c2c(F)cc3c(=O)c(OC(=O)O)cn(C)c3c2F)CCN1. The van der Waals surface area contributed by atoms with Crippen molar-refractivity contribution >= 4 is 22.7 Å². The van der Waals surface area contributed by atoms with Gasteiger partial charge in [0.05, 0.1) is 17.1 Å². The van der Waals surface area contributed by atoms with Crippen LogP contribution in [0.25, 0.3) is 10.9 Å². The second kappa shape index (κ2) is 6.32. The molecule has 1 aliphatic heterocycles. The van der Waals surface area contributed by atoms with E-state index in [0.717, 1.165) is 12.3 Å². The number of halogens is 2. The van der Waals surface area contributed by atoms with Gasteiger partial charge in [-0.2, -0.15) is 0 Å². The molecule has 134 valence electrons. The normalized spacial score (nSPS) is 17.8. The topological polar surface area (TPSA) is 83.8 Å². The molecule has 1 atom stereocenters. The molecule has 0 saturated carbocycles. The fraction of sp³-hybridized carbons (Fsp3) is 0.375. The van der Waals surface area contributed by atoms with Crippen molar-refractivity contribution < 1.29 is 23.4 Å². The fourth-order valence-electron chi connectivity index (χ4n) is 3.14. The van der Waals surface area contributed by atoms with Crippen LogP contribution < -0.4 is 20.4 Å². The smallest absolute Gasteiger partial charge is 0.449 e. The third kappa shape index (κ3) is 3.02. The van der Waals surface area contributed by atoms with Gasteiger partial charge in [0.25, 0.3) is 0 Å². The first-order chi connectivity index (χ1) is 11.8. The van der Waals surface area contributed by atoms with Gasteiger partial charge in [-0.25, -0.2) is 13.6 Å². The molecule has 1 aromatic carbocycles. The van der Waals surface area contributed by atoms with Crippen molar-refractivity contribution in [3.05, 3.63) is 34.1 Å². The van der Waals surface area contributed by atoms with E-state index in [1.165, 1.54) is 11.6 Å². The Morgan fingerprint density at radius 3 is 2.80 bits per heavy atom. The zero-order chi connectivity index (χ0) is 18.3. The number of pyridine rings is 1. The highest BCUT2D eigenvalue weighted by Crippen LogP contribution is 2.31. The number of aryl methyl sites for hydroxylation is 1. The quantitative estimate of drug-likeness (QED) is 0.799. The molecule has 1 saturated heterocycles. The van der Waals surface area contributed by atoms with Gasteiger partial charge >= 0.3 is 6.16 Å². The maximum absolute atomic E-state index is 15.1. The van der Waals surface area contributed by atoms with Gasteiger partial charge in [0.15, 0.2) is 11.6 Å². The van der Waals surface area contributed by atoms with E-state index in [4.69, 9.17) is 5.11 Å². The predicted octanol–water partition coefficient (Wildman–Crippen LogP) is 1.67. The van der Waals surface area contributed by atoms with Crippen LogP contribution >= 0.6 is 0 Å². The molecule has 7 nitrogen and oxygen atoms in total. The number of rotatable bonds is 2. The fourth-order valence-corrected chi connectivity index (χ4v) is 3.14. The summed E-state index contributed by atoms with van der Waals surface area (Å²) in [6, 6.07) is 0.996. The Balaban J connectivity index is 2.22. The lowest BCUT2D eigenvalue weighted by atomic mass is 10.1. The maximum Gasteiger partial charge on any atom is 0.511 e. The molecule has 0 radical (unpaired) electrons. The summed E-state index contributed by atoms with van der Waals surface area (Å²) in [6.07, 6.45) is -0.604. The minimum absolute atomic E-state index is 0.0680. The summed E-state index contributed by atoms with van der Waals surface area (Å²) in [7, 11) is 1.43. The van der Waals surface area contributed by atoms with E-state index in [9.17, 15) is 14.0 Å². The Kier molecular flexibility index (Phi) is 4.34. The second-order valence-corrected chi connectivity index (χ2v) is 6.02. The Hall–Kier alpha value is -2.68. The van der Waals surface area contributed by atoms with Crippen molar-refractivity contribution in [2.24, 2.45) is 7.05 Å². The number of nitrogens with one attached hydrogen (secondary N) is 1. The molecular weight excluding hydrogens is 336 g/mol. The number of carbonyl (C=O) groups is 1. The molecule has 1 aromatic heterocycles. The first kappa shape index (κ1) is 17.2. The molecule has 0 bridgehead atoms. The van der Waals surface area contributed by atoms with E-state index in [-0.39, 0.29) is 22.6 Å². The largest absolute Gasteiger partial charge is 0.511 e. The standard InChI is InChI=1S/C16H17F2N3O4/c1-8-6-21(4-3-19-8)14-10(17)5-9-13(12(14)18)20(2)7-11(15(9)22)25-16(23)24/h5,7-8,19H,3-4,6H2,1-2H3,(H,23,24). The van der Waals surface area contributed by atoms with Crippen molar-refractivity contribution in [3.8, 4) is 5.75 Å². The number of hydrogen-bond donors (Lipinski definition) is 2. The third-order valence-corrected chi connectivity index (χ3v) is 4.18. The van der Waals surface area contributed by atoms with Crippen LogP contribution in [0, 0.1) is 11.6 Å².